The fourth-order valence-electron chi connectivity index (χ4n) is 2.04. The minimum absolute atomic E-state index is 0.120. The van der Waals surface area contributed by atoms with Crippen molar-refractivity contribution in [2.45, 2.75) is 0 Å². The van der Waals surface area contributed by atoms with E-state index >= 15 is 0 Å². The molecule has 0 fully saturated rings. The van der Waals surface area contributed by atoms with Crippen molar-refractivity contribution in [3.8, 4) is 11.5 Å². The molecule has 7 heteroatoms. The number of carbonyl (C=O) groups is 1. The highest BCUT2D eigenvalue weighted by Crippen LogP contribution is 2.27. The Morgan fingerprint density at radius 3 is 2.40 bits per heavy atom. The van der Waals surface area contributed by atoms with Gasteiger partial charge >= 0.3 is 0 Å². The molecular weight excluding hydrogens is 344 g/mol. The minimum Gasteiger partial charge on any atom is -0.495 e. The number of halogens is 1. The first kappa shape index (κ1) is 18.9. The van der Waals surface area contributed by atoms with E-state index in [2.05, 4.69) is 10.6 Å². The fourth-order valence-corrected chi connectivity index (χ4v) is 2.30. The van der Waals surface area contributed by atoms with Crippen molar-refractivity contribution in [3.05, 3.63) is 47.5 Å². The van der Waals surface area contributed by atoms with Gasteiger partial charge in [0.15, 0.2) is 0 Å². The third kappa shape index (κ3) is 6.17. The molecule has 0 saturated carbocycles. The molecule has 0 radical (unpaired) electrons. The maximum atomic E-state index is 12.0. The topological polar surface area (TPSA) is 68.8 Å². The molecule has 0 aliphatic rings. The summed E-state index contributed by atoms with van der Waals surface area (Å²) >= 11 is 6.05. The summed E-state index contributed by atoms with van der Waals surface area (Å²) < 4.78 is 15.5. The van der Waals surface area contributed by atoms with Gasteiger partial charge in [-0.15, -0.1) is 0 Å². The van der Waals surface area contributed by atoms with Gasteiger partial charge in [0.25, 0.3) is 0 Å². The number of nitrogens with one attached hydrogen (secondary N) is 2. The van der Waals surface area contributed by atoms with E-state index < -0.39 is 0 Å². The van der Waals surface area contributed by atoms with Gasteiger partial charge in [0, 0.05) is 18.5 Å². The predicted octanol–water partition coefficient (Wildman–Crippen LogP) is 3.42. The normalized spacial score (nSPS) is 10.2. The Morgan fingerprint density at radius 2 is 1.76 bits per heavy atom. The van der Waals surface area contributed by atoms with Gasteiger partial charge in [-0.3, -0.25) is 4.79 Å². The van der Waals surface area contributed by atoms with Crippen LogP contribution < -0.4 is 20.1 Å². The highest BCUT2D eigenvalue weighted by atomic mass is 35.5. The standard InChI is InChI=1S/C18H21ClN2O4/c1-23-9-10-25-15-6-3-13(4-7-15)21-18(22)12-20-14-5-8-17(24-2)16(19)11-14/h3-8,11,20H,9-10,12H2,1-2H3,(H,21,22). The summed E-state index contributed by atoms with van der Waals surface area (Å²) in [5.41, 5.74) is 1.43. The van der Waals surface area contributed by atoms with Crippen LogP contribution in [0.2, 0.25) is 5.02 Å². The molecule has 0 aliphatic heterocycles. The first-order valence-corrected chi connectivity index (χ1v) is 8.09. The van der Waals surface area contributed by atoms with Gasteiger partial charge in [0.1, 0.15) is 18.1 Å². The van der Waals surface area contributed by atoms with Crippen LogP contribution in [-0.4, -0.2) is 39.9 Å². The Balaban J connectivity index is 1.80. The van der Waals surface area contributed by atoms with Crippen molar-refractivity contribution in [1.29, 1.82) is 0 Å². The zero-order valence-corrected chi connectivity index (χ0v) is 14.9. The molecule has 1 amide bonds. The lowest BCUT2D eigenvalue weighted by atomic mass is 10.3. The smallest absolute Gasteiger partial charge is 0.243 e. The molecule has 2 rings (SSSR count). The molecule has 0 bridgehead atoms. The number of amides is 1. The van der Waals surface area contributed by atoms with Crippen molar-refractivity contribution in [3.63, 3.8) is 0 Å². The number of hydrogen-bond donors (Lipinski definition) is 2. The number of carbonyl (C=O) groups excluding carboxylic acids is 1. The molecule has 2 aromatic carbocycles. The van der Waals surface area contributed by atoms with Crippen molar-refractivity contribution < 1.29 is 19.0 Å². The van der Waals surface area contributed by atoms with Crippen molar-refractivity contribution >= 4 is 28.9 Å². The number of ether oxygens (including phenoxy) is 3. The van der Waals surface area contributed by atoms with E-state index in [1.165, 1.54) is 0 Å². The van der Waals surface area contributed by atoms with Gasteiger partial charge in [-0.25, -0.2) is 0 Å². The Bertz CT molecular complexity index is 692. The lowest BCUT2D eigenvalue weighted by Crippen LogP contribution is -2.21. The Morgan fingerprint density at radius 1 is 1.04 bits per heavy atom. The number of anilines is 2. The lowest BCUT2D eigenvalue weighted by molar-refractivity contribution is -0.114. The van der Waals surface area contributed by atoms with E-state index in [1.54, 1.807) is 56.7 Å². The van der Waals surface area contributed by atoms with Gasteiger partial charge < -0.3 is 24.8 Å². The van der Waals surface area contributed by atoms with E-state index in [0.29, 0.717) is 29.7 Å². The SMILES string of the molecule is COCCOc1ccc(NC(=O)CNc2ccc(OC)c(Cl)c2)cc1. The van der Waals surface area contributed by atoms with Crippen LogP contribution in [0.25, 0.3) is 0 Å². The van der Waals surface area contributed by atoms with Crippen LogP contribution in [-0.2, 0) is 9.53 Å². The van der Waals surface area contributed by atoms with E-state index in [0.717, 1.165) is 11.4 Å². The summed E-state index contributed by atoms with van der Waals surface area (Å²) in [5.74, 6) is 1.14. The van der Waals surface area contributed by atoms with Crippen molar-refractivity contribution in [2.24, 2.45) is 0 Å². The largest absolute Gasteiger partial charge is 0.495 e. The summed E-state index contributed by atoms with van der Waals surface area (Å²) in [7, 11) is 3.17. The molecule has 0 aromatic heterocycles. The molecular formula is C18H21ClN2O4. The number of hydrogen-bond acceptors (Lipinski definition) is 5. The summed E-state index contributed by atoms with van der Waals surface area (Å²) in [6.45, 7) is 1.13. The average molecular weight is 365 g/mol. The Labute approximate surface area is 152 Å². The third-order valence-electron chi connectivity index (χ3n) is 3.30. The summed E-state index contributed by atoms with van der Waals surface area (Å²) in [5, 5.41) is 6.30. The van der Waals surface area contributed by atoms with E-state index in [1.807, 2.05) is 0 Å². The maximum absolute atomic E-state index is 12.0. The lowest BCUT2D eigenvalue weighted by Gasteiger charge is -2.10. The van der Waals surface area contributed by atoms with E-state index in [4.69, 9.17) is 25.8 Å². The molecule has 0 aliphatic carbocycles. The van der Waals surface area contributed by atoms with Crippen LogP contribution >= 0.6 is 11.6 Å². The van der Waals surface area contributed by atoms with Crippen molar-refractivity contribution in [1.82, 2.24) is 0 Å². The van der Waals surface area contributed by atoms with E-state index in [9.17, 15) is 4.79 Å². The van der Waals surface area contributed by atoms with Gasteiger partial charge in [0.05, 0.1) is 25.3 Å². The Hall–Kier alpha value is -2.44. The van der Waals surface area contributed by atoms with Crippen LogP contribution in [0.5, 0.6) is 11.5 Å². The molecule has 0 saturated heterocycles. The highest BCUT2D eigenvalue weighted by Gasteiger charge is 2.05. The molecule has 2 N–H and O–H groups in total. The zero-order chi connectivity index (χ0) is 18.1. The average Bonchev–Trinajstić information content (AvgIpc) is 2.62. The van der Waals surface area contributed by atoms with Crippen LogP contribution in [0.3, 0.4) is 0 Å². The molecule has 0 atom stereocenters. The van der Waals surface area contributed by atoms with Gasteiger partial charge in [0.2, 0.25) is 5.91 Å². The maximum Gasteiger partial charge on any atom is 0.243 e. The molecule has 0 spiro atoms. The van der Waals surface area contributed by atoms with Crippen LogP contribution in [0.1, 0.15) is 0 Å². The van der Waals surface area contributed by atoms with Crippen molar-refractivity contribution in [2.75, 3.05) is 44.6 Å². The summed E-state index contributed by atoms with van der Waals surface area (Å²) in [4.78, 5) is 12.0. The second kappa shape index (κ2) is 9.76. The highest BCUT2D eigenvalue weighted by molar-refractivity contribution is 6.32. The molecule has 25 heavy (non-hydrogen) atoms. The van der Waals surface area contributed by atoms with Crippen LogP contribution in [0.4, 0.5) is 11.4 Å². The quantitative estimate of drug-likeness (QED) is 0.667. The van der Waals surface area contributed by atoms with E-state index in [-0.39, 0.29) is 12.5 Å². The monoisotopic (exact) mass is 364 g/mol. The van der Waals surface area contributed by atoms with Crippen LogP contribution in [0, 0.1) is 0 Å². The number of methoxy groups -OCH3 is 2. The molecule has 2 aromatic rings. The Kier molecular flexibility index (Phi) is 7.37. The predicted molar refractivity (Wildman–Crippen MR) is 98.9 cm³/mol. The third-order valence-corrected chi connectivity index (χ3v) is 3.59. The first-order chi connectivity index (χ1) is 12.1. The first-order valence-electron chi connectivity index (χ1n) is 7.71. The molecule has 6 nitrogen and oxygen atoms in total. The van der Waals surface area contributed by atoms with Gasteiger partial charge in [-0.05, 0) is 42.5 Å². The van der Waals surface area contributed by atoms with Gasteiger partial charge in [-0.2, -0.15) is 0 Å². The number of benzene rings is 2. The minimum atomic E-state index is -0.167. The second-order valence-electron chi connectivity index (χ2n) is 5.12. The van der Waals surface area contributed by atoms with Crippen LogP contribution in [0.15, 0.2) is 42.5 Å². The molecule has 0 unspecified atom stereocenters. The fraction of sp³-hybridized carbons (Fsp3) is 0.278. The molecule has 0 heterocycles. The summed E-state index contributed by atoms with van der Waals surface area (Å²) in [6, 6.07) is 12.4. The number of rotatable bonds is 9. The second-order valence-corrected chi connectivity index (χ2v) is 5.52. The van der Waals surface area contributed by atoms with Gasteiger partial charge in [-0.1, -0.05) is 11.6 Å². The zero-order valence-electron chi connectivity index (χ0n) is 14.2. The summed E-state index contributed by atoms with van der Waals surface area (Å²) in [6.07, 6.45) is 0. The molecule has 134 valence electrons.